The van der Waals surface area contributed by atoms with Gasteiger partial charge in [-0.1, -0.05) is 22.6 Å². The maximum atomic E-state index is 11.8. The SMILES string of the molecule is COC(=O)CC(CI)OC(=O)C(F)(F)F. The molecular weight excluding hydrogens is 332 g/mol. The standard InChI is InChI=1S/C7H8F3IO4/c1-14-5(12)2-4(3-11)15-6(13)7(8,9)10/h4H,2-3H2,1H3. The number of methoxy groups -OCH3 is 1. The summed E-state index contributed by atoms with van der Waals surface area (Å²) >= 11 is 1.71. The van der Waals surface area contributed by atoms with E-state index >= 15 is 0 Å². The van der Waals surface area contributed by atoms with E-state index in [1.807, 2.05) is 0 Å². The van der Waals surface area contributed by atoms with E-state index in [2.05, 4.69) is 9.47 Å². The smallest absolute Gasteiger partial charge is 0.469 e. The molecule has 0 N–H and O–H groups in total. The molecule has 0 spiro atoms. The highest BCUT2D eigenvalue weighted by Crippen LogP contribution is 2.19. The Kier molecular flexibility index (Phi) is 5.91. The minimum Gasteiger partial charge on any atom is -0.469 e. The third-order valence-electron chi connectivity index (χ3n) is 1.30. The second-order valence-electron chi connectivity index (χ2n) is 2.46. The van der Waals surface area contributed by atoms with E-state index in [1.54, 1.807) is 22.6 Å². The number of alkyl halides is 4. The van der Waals surface area contributed by atoms with Crippen molar-refractivity contribution in [2.24, 2.45) is 0 Å². The largest absolute Gasteiger partial charge is 0.490 e. The molecule has 0 bridgehead atoms. The third kappa shape index (κ3) is 5.80. The van der Waals surface area contributed by atoms with Crippen molar-refractivity contribution in [2.45, 2.75) is 18.7 Å². The molecule has 15 heavy (non-hydrogen) atoms. The lowest BCUT2D eigenvalue weighted by Crippen LogP contribution is -2.32. The van der Waals surface area contributed by atoms with Crippen molar-refractivity contribution in [2.75, 3.05) is 11.5 Å². The van der Waals surface area contributed by atoms with Gasteiger partial charge in [0.15, 0.2) is 0 Å². The summed E-state index contributed by atoms with van der Waals surface area (Å²) in [6.07, 6.45) is -6.55. The van der Waals surface area contributed by atoms with E-state index in [1.165, 1.54) is 0 Å². The zero-order valence-corrected chi connectivity index (χ0v) is 9.79. The molecule has 0 aromatic heterocycles. The fraction of sp³-hybridized carbons (Fsp3) is 0.714. The lowest BCUT2D eigenvalue weighted by atomic mass is 10.3. The van der Waals surface area contributed by atoms with Crippen LogP contribution in [0.25, 0.3) is 0 Å². The molecule has 1 unspecified atom stereocenters. The van der Waals surface area contributed by atoms with Crippen molar-refractivity contribution in [3.8, 4) is 0 Å². The number of halogens is 4. The Morgan fingerprint density at radius 2 is 1.93 bits per heavy atom. The highest BCUT2D eigenvalue weighted by molar-refractivity contribution is 14.1. The lowest BCUT2D eigenvalue weighted by molar-refractivity contribution is -0.204. The lowest BCUT2D eigenvalue weighted by Gasteiger charge is -2.15. The molecule has 88 valence electrons. The Bertz CT molecular complexity index is 241. The van der Waals surface area contributed by atoms with Crippen LogP contribution >= 0.6 is 22.6 Å². The Hall–Kier alpha value is -0.540. The first-order valence-electron chi connectivity index (χ1n) is 3.71. The molecule has 0 rings (SSSR count). The van der Waals surface area contributed by atoms with Gasteiger partial charge in [-0.25, -0.2) is 4.79 Å². The number of hydrogen-bond acceptors (Lipinski definition) is 4. The van der Waals surface area contributed by atoms with Gasteiger partial charge in [-0.15, -0.1) is 0 Å². The highest BCUT2D eigenvalue weighted by atomic mass is 127. The van der Waals surface area contributed by atoms with Gasteiger partial charge in [-0.3, -0.25) is 4.79 Å². The maximum Gasteiger partial charge on any atom is 0.490 e. The quantitative estimate of drug-likeness (QED) is 0.442. The molecular formula is C7H8F3IO4. The second kappa shape index (κ2) is 6.13. The number of rotatable bonds is 4. The molecule has 8 heteroatoms. The third-order valence-corrected chi connectivity index (χ3v) is 2.28. The number of hydrogen-bond donors (Lipinski definition) is 0. The Morgan fingerprint density at radius 3 is 2.27 bits per heavy atom. The molecule has 0 amide bonds. The molecule has 0 fully saturated rings. The average molecular weight is 340 g/mol. The second-order valence-corrected chi connectivity index (χ2v) is 3.34. The topological polar surface area (TPSA) is 52.6 Å². The van der Waals surface area contributed by atoms with Gasteiger partial charge in [0.1, 0.15) is 6.10 Å². The van der Waals surface area contributed by atoms with Crippen LogP contribution in [-0.4, -0.2) is 35.8 Å². The molecule has 0 aromatic carbocycles. The van der Waals surface area contributed by atoms with E-state index in [9.17, 15) is 22.8 Å². The molecule has 0 saturated carbocycles. The maximum absolute atomic E-state index is 11.8. The average Bonchev–Trinajstić information content (AvgIpc) is 2.14. The molecule has 4 nitrogen and oxygen atoms in total. The van der Waals surface area contributed by atoms with Crippen LogP contribution in [0.5, 0.6) is 0 Å². The van der Waals surface area contributed by atoms with Gasteiger partial charge in [-0.05, 0) is 0 Å². The molecule has 0 heterocycles. The first kappa shape index (κ1) is 14.5. The van der Waals surface area contributed by atoms with Crippen molar-refractivity contribution < 1.29 is 32.2 Å². The molecule has 0 saturated heterocycles. The van der Waals surface area contributed by atoms with Crippen LogP contribution in [0.1, 0.15) is 6.42 Å². The van der Waals surface area contributed by atoms with Gasteiger partial charge in [0.25, 0.3) is 0 Å². The van der Waals surface area contributed by atoms with Gasteiger partial charge in [0.05, 0.1) is 13.5 Å². The summed E-state index contributed by atoms with van der Waals surface area (Å²) in [6, 6.07) is 0. The van der Waals surface area contributed by atoms with Crippen molar-refractivity contribution >= 4 is 34.5 Å². The van der Waals surface area contributed by atoms with Gasteiger partial charge in [-0.2, -0.15) is 13.2 Å². The monoisotopic (exact) mass is 340 g/mol. The van der Waals surface area contributed by atoms with Crippen LogP contribution in [0.3, 0.4) is 0 Å². The van der Waals surface area contributed by atoms with Crippen molar-refractivity contribution in [3.63, 3.8) is 0 Å². The van der Waals surface area contributed by atoms with Crippen LogP contribution < -0.4 is 0 Å². The van der Waals surface area contributed by atoms with E-state index in [-0.39, 0.29) is 10.8 Å². The summed E-state index contributed by atoms with van der Waals surface area (Å²) in [6.45, 7) is 0. The molecule has 0 aliphatic heterocycles. The van der Waals surface area contributed by atoms with Gasteiger partial charge < -0.3 is 9.47 Å². The Labute approximate surface area is 97.2 Å². The van der Waals surface area contributed by atoms with E-state index in [0.29, 0.717) is 0 Å². The predicted octanol–water partition coefficient (Wildman–Crippen LogP) is 1.46. The summed E-state index contributed by atoms with van der Waals surface area (Å²) < 4.78 is 43.7. The van der Waals surface area contributed by atoms with Crippen LogP contribution in [0.4, 0.5) is 13.2 Å². The summed E-state index contributed by atoms with van der Waals surface area (Å²) in [5.41, 5.74) is 0. The molecule has 0 aliphatic rings. The molecule has 0 radical (unpaired) electrons. The van der Waals surface area contributed by atoms with E-state index < -0.39 is 24.2 Å². The zero-order valence-electron chi connectivity index (χ0n) is 7.64. The molecule has 1 atom stereocenters. The summed E-state index contributed by atoms with van der Waals surface area (Å²) in [5.74, 6) is -3.03. The minimum absolute atomic E-state index is 0.0781. The summed E-state index contributed by atoms with van der Waals surface area (Å²) in [5, 5.41) is 0. The van der Waals surface area contributed by atoms with Gasteiger partial charge >= 0.3 is 18.1 Å². The first-order valence-corrected chi connectivity index (χ1v) is 5.24. The van der Waals surface area contributed by atoms with Crippen molar-refractivity contribution in [1.29, 1.82) is 0 Å². The van der Waals surface area contributed by atoms with Crippen LogP contribution in [0, 0.1) is 0 Å². The Morgan fingerprint density at radius 1 is 1.40 bits per heavy atom. The minimum atomic E-state index is -5.04. The van der Waals surface area contributed by atoms with Gasteiger partial charge in [0, 0.05) is 4.43 Å². The fourth-order valence-electron chi connectivity index (χ4n) is 0.615. The van der Waals surface area contributed by atoms with Gasteiger partial charge in [0.2, 0.25) is 0 Å². The summed E-state index contributed by atoms with van der Waals surface area (Å²) in [4.78, 5) is 21.1. The normalized spacial score (nSPS) is 13.1. The summed E-state index contributed by atoms with van der Waals surface area (Å²) in [7, 11) is 1.10. The first-order chi connectivity index (χ1) is 6.81. The zero-order chi connectivity index (χ0) is 12.1. The number of carbonyl (C=O) groups excluding carboxylic acids is 2. The number of carbonyl (C=O) groups is 2. The van der Waals surface area contributed by atoms with Crippen molar-refractivity contribution in [3.05, 3.63) is 0 Å². The Balaban J connectivity index is 4.22. The molecule has 0 aliphatic carbocycles. The van der Waals surface area contributed by atoms with Crippen LogP contribution in [0.15, 0.2) is 0 Å². The number of esters is 2. The van der Waals surface area contributed by atoms with Crippen molar-refractivity contribution in [1.82, 2.24) is 0 Å². The highest BCUT2D eigenvalue weighted by Gasteiger charge is 2.42. The fourth-order valence-corrected chi connectivity index (χ4v) is 1.11. The van der Waals surface area contributed by atoms with Crippen LogP contribution in [0.2, 0.25) is 0 Å². The van der Waals surface area contributed by atoms with E-state index in [0.717, 1.165) is 7.11 Å². The predicted molar refractivity (Wildman–Crippen MR) is 51.5 cm³/mol. The number of ether oxygens (including phenoxy) is 2. The molecule has 0 aromatic rings. The van der Waals surface area contributed by atoms with E-state index in [4.69, 9.17) is 0 Å². The van der Waals surface area contributed by atoms with Crippen LogP contribution in [-0.2, 0) is 19.1 Å².